The van der Waals surface area contributed by atoms with Crippen LogP contribution >= 0.6 is 0 Å². The van der Waals surface area contributed by atoms with Crippen LogP contribution in [0.3, 0.4) is 0 Å². The van der Waals surface area contributed by atoms with Gasteiger partial charge in [-0.1, -0.05) is 26.7 Å². The van der Waals surface area contributed by atoms with Crippen molar-refractivity contribution in [3.05, 3.63) is 26.7 Å². The summed E-state index contributed by atoms with van der Waals surface area (Å²) in [7, 11) is 0. The third kappa shape index (κ3) is 2.43. The second-order valence-electron chi connectivity index (χ2n) is 5.53. The van der Waals surface area contributed by atoms with Crippen molar-refractivity contribution in [1.82, 2.24) is 9.55 Å². The molecule has 1 fully saturated rings. The van der Waals surface area contributed by atoms with E-state index in [2.05, 4.69) is 0 Å². The molecule has 1 aliphatic carbocycles. The quantitative estimate of drug-likeness (QED) is 0.860. The first-order valence-electron chi connectivity index (χ1n) is 6.66. The molecule has 2 unspecified atom stereocenters. The monoisotopic (exact) mass is 270 g/mol. The third-order valence-corrected chi connectivity index (χ3v) is 4.03. The van der Waals surface area contributed by atoms with Crippen molar-refractivity contribution in [2.75, 3.05) is 0 Å². The van der Waals surface area contributed by atoms with Gasteiger partial charge in [-0.2, -0.15) is 4.39 Å². The lowest BCUT2D eigenvalue weighted by atomic mass is 9.77. The molecule has 2 rings (SSSR count). The number of hydrogen-bond acceptors (Lipinski definition) is 3. The second-order valence-corrected chi connectivity index (χ2v) is 5.53. The standard InChI is InChI=1S/C13H19FN2O3/c1-7(2)8-5-3-4-6-9(8)16-12(18)10(14)11(17)15-13(16)19/h7-9,18H,3-6H2,1-2H3,(H,15,17,19). The van der Waals surface area contributed by atoms with Crippen LogP contribution in [0.2, 0.25) is 0 Å². The summed E-state index contributed by atoms with van der Waals surface area (Å²) in [6.45, 7) is 4.10. The van der Waals surface area contributed by atoms with Gasteiger partial charge in [-0.3, -0.25) is 14.3 Å². The number of aromatic hydroxyl groups is 1. The highest BCUT2D eigenvalue weighted by Gasteiger charge is 2.32. The Kier molecular flexibility index (Phi) is 3.78. The zero-order valence-corrected chi connectivity index (χ0v) is 11.1. The average molecular weight is 270 g/mol. The molecule has 0 bridgehead atoms. The van der Waals surface area contributed by atoms with E-state index in [1.54, 1.807) is 0 Å². The predicted octanol–water partition coefficient (Wildman–Crippen LogP) is 1.77. The van der Waals surface area contributed by atoms with Gasteiger partial charge in [0.25, 0.3) is 5.56 Å². The molecule has 19 heavy (non-hydrogen) atoms. The fourth-order valence-corrected chi connectivity index (χ4v) is 3.06. The smallest absolute Gasteiger partial charge is 0.331 e. The van der Waals surface area contributed by atoms with E-state index in [1.165, 1.54) is 0 Å². The van der Waals surface area contributed by atoms with Gasteiger partial charge in [0, 0.05) is 6.04 Å². The number of nitrogens with one attached hydrogen (secondary N) is 1. The molecule has 1 aliphatic rings. The highest BCUT2D eigenvalue weighted by atomic mass is 19.1. The van der Waals surface area contributed by atoms with Gasteiger partial charge in [0.05, 0.1) is 0 Å². The molecule has 2 atom stereocenters. The first-order valence-corrected chi connectivity index (χ1v) is 6.66. The lowest BCUT2D eigenvalue weighted by Crippen LogP contribution is -2.38. The first-order chi connectivity index (χ1) is 8.93. The number of nitrogens with zero attached hydrogens (tertiary/aromatic N) is 1. The lowest BCUT2D eigenvalue weighted by molar-refractivity contribution is 0.164. The zero-order chi connectivity index (χ0) is 14.2. The number of hydrogen-bond donors (Lipinski definition) is 2. The van der Waals surface area contributed by atoms with Gasteiger partial charge in [0.1, 0.15) is 0 Å². The Hall–Kier alpha value is -1.59. The van der Waals surface area contributed by atoms with Crippen LogP contribution < -0.4 is 11.2 Å². The number of aromatic nitrogens is 2. The summed E-state index contributed by atoms with van der Waals surface area (Å²) < 4.78 is 14.5. The minimum atomic E-state index is -1.28. The van der Waals surface area contributed by atoms with Gasteiger partial charge < -0.3 is 5.11 Å². The molecule has 1 aromatic heterocycles. The molecule has 0 aliphatic heterocycles. The molecule has 0 spiro atoms. The van der Waals surface area contributed by atoms with Crippen LogP contribution in [0.25, 0.3) is 0 Å². The van der Waals surface area contributed by atoms with E-state index in [-0.39, 0.29) is 12.0 Å². The zero-order valence-electron chi connectivity index (χ0n) is 11.1. The Morgan fingerprint density at radius 2 is 1.95 bits per heavy atom. The van der Waals surface area contributed by atoms with Crippen molar-refractivity contribution in [1.29, 1.82) is 0 Å². The Labute approximate surface area is 110 Å². The summed E-state index contributed by atoms with van der Waals surface area (Å²) in [6, 6.07) is -0.257. The van der Waals surface area contributed by atoms with E-state index in [1.807, 2.05) is 18.8 Å². The van der Waals surface area contributed by atoms with Crippen LogP contribution in [0.1, 0.15) is 45.6 Å². The summed E-state index contributed by atoms with van der Waals surface area (Å²) >= 11 is 0. The topological polar surface area (TPSA) is 75.1 Å². The van der Waals surface area contributed by atoms with E-state index in [0.717, 1.165) is 23.8 Å². The van der Waals surface area contributed by atoms with Crippen LogP contribution in [0.15, 0.2) is 9.59 Å². The number of rotatable bonds is 2. The minimum Gasteiger partial charge on any atom is -0.492 e. The van der Waals surface area contributed by atoms with Crippen molar-refractivity contribution >= 4 is 0 Å². The summed E-state index contributed by atoms with van der Waals surface area (Å²) in [6.07, 6.45) is 3.65. The summed E-state index contributed by atoms with van der Waals surface area (Å²) in [5.41, 5.74) is -1.91. The summed E-state index contributed by atoms with van der Waals surface area (Å²) in [5, 5.41) is 9.78. The third-order valence-electron chi connectivity index (χ3n) is 4.03. The highest BCUT2D eigenvalue weighted by molar-refractivity contribution is 5.11. The van der Waals surface area contributed by atoms with Crippen molar-refractivity contribution in [2.24, 2.45) is 11.8 Å². The van der Waals surface area contributed by atoms with Crippen molar-refractivity contribution in [2.45, 2.75) is 45.6 Å². The second kappa shape index (κ2) is 5.19. The molecule has 1 aromatic rings. The molecule has 2 N–H and O–H groups in total. The van der Waals surface area contributed by atoms with E-state index in [0.29, 0.717) is 12.3 Å². The predicted molar refractivity (Wildman–Crippen MR) is 68.8 cm³/mol. The molecule has 5 nitrogen and oxygen atoms in total. The SMILES string of the molecule is CC(C)C1CCCCC1n1c(O)c(F)c(=O)[nH]c1=O. The van der Waals surface area contributed by atoms with Gasteiger partial charge in [0.2, 0.25) is 11.7 Å². The molecule has 106 valence electrons. The summed E-state index contributed by atoms with van der Waals surface area (Å²) in [5.74, 6) is -1.60. The molecule has 1 heterocycles. The first kappa shape index (κ1) is 13.8. The molecule has 0 aromatic carbocycles. The fourth-order valence-electron chi connectivity index (χ4n) is 3.06. The van der Waals surface area contributed by atoms with Crippen LogP contribution in [0.4, 0.5) is 4.39 Å². The number of H-pyrrole nitrogens is 1. The average Bonchev–Trinajstić information content (AvgIpc) is 2.36. The highest BCUT2D eigenvalue weighted by Crippen LogP contribution is 2.39. The molecular formula is C13H19FN2O3. The van der Waals surface area contributed by atoms with Crippen molar-refractivity contribution in [3.63, 3.8) is 0 Å². The number of halogens is 1. The van der Waals surface area contributed by atoms with Crippen molar-refractivity contribution < 1.29 is 9.50 Å². The van der Waals surface area contributed by atoms with Gasteiger partial charge in [-0.25, -0.2) is 4.79 Å². The van der Waals surface area contributed by atoms with Gasteiger partial charge >= 0.3 is 5.69 Å². The lowest BCUT2D eigenvalue weighted by Gasteiger charge is -2.35. The Balaban J connectivity index is 2.54. The van der Waals surface area contributed by atoms with Crippen LogP contribution in [-0.2, 0) is 0 Å². The molecule has 1 saturated carbocycles. The minimum absolute atomic E-state index is 0.197. The van der Waals surface area contributed by atoms with E-state index >= 15 is 0 Å². The Morgan fingerprint density at radius 1 is 1.32 bits per heavy atom. The molecule has 6 heteroatoms. The largest absolute Gasteiger partial charge is 0.492 e. The van der Waals surface area contributed by atoms with Crippen LogP contribution in [0.5, 0.6) is 5.88 Å². The molecule has 0 radical (unpaired) electrons. The summed E-state index contributed by atoms with van der Waals surface area (Å²) in [4.78, 5) is 24.9. The molecule has 0 amide bonds. The maximum Gasteiger partial charge on any atom is 0.331 e. The van der Waals surface area contributed by atoms with Crippen LogP contribution in [-0.4, -0.2) is 14.7 Å². The number of aromatic amines is 1. The van der Waals surface area contributed by atoms with E-state index in [4.69, 9.17) is 0 Å². The Bertz CT molecular complexity index is 576. The van der Waals surface area contributed by atoms with Crippen molar-refractivity contribution in [3.8, 4) is 5.88 Å². The molecule has 0 saturated heterocycles. The van der Waals surface area contributed by atoms with Gasteiger partial charge in [0.15, 0.2) is 0 Å². The van der Waals surface area contributed by atoms with E-state index in [9.17, 15) is 19.1 Å². The van der Waals surface area contributed by atoms with Gasteiger partial charge in [-0.15, -0.1) is 0 Å². The van der Waals surface area contributed by atoms with E-state index < -0.39 is 22.9 Å². The Morgan fingerprint density at radius 3 is 2.58 bits per heavy atom. The fraction of sp³-hybridized carbons (Fsp3) is 0.692. The maximum absolute atomic E-state index is 13.5. The van der Waals surface area contributed by atoms with Crippen LogP contribution in [0, 0.1) is 17.7 Å². The normalized spacial score (nSPS) is 23.8. The maximum atomic E-state index is 13.5. The molecular weight excluding hydrogens is 251 g/mol. The van der Waals surface area contributed by atoms with Gasteiger partial charge in [-0.05, 0) is 24.7 Å².